The number of rotatable bonds is 49. The highest BCUT2D eigenvalue weighted by Gasteiger charge is 2.17. The van der Waals surface area contributed by atoms with Crippen LogP contribution in [0.15, 0.2) is 0 Å². The van der Waals surface area contributed by atoms with Crippen LogP contribution in [0.25, 0.3) is 0 Å². The monoisotopic (exact) mass is 819 g/mol. The van der Waals surface area contributed by atoms with Gasteiger partial charge in [0.25, 0.3) is 0 Å². The first-order valence-corrected chi connectivity index (χ1v) is 26.9. The van der Waals surface area contributed by atoms with Gasteiger partial charge >= 0.3 is 0 Å². The van der Waals surface area contributed by atoms with Crippen LogP contribution in [0.3, 0.4) is 0 Å². The molecule has 58 heavy (non-hydrogen) atoms. The number of nitrogens with zero attached hydrogens (tertiary/aromatic N) is 4. The summed E-state index contributed by atoms with van der Waals surface area (Å²) in [7, 11) is 2.08. The van der Waals surface area contributed by atoms with E-state index < -0.39 is 0 Å². The van der Waals surface area contributed by atoms with Crippen LogP contribution in [0.5, 0.6) is 0 Å². The molecule has 0 saturated heterocycles. The van der Waals surface area contributed by atoms with E-state index in [9.17, 15) is 4.79 Å². The van der Waals surface area contributed by atoms with Gasteiger partial charge in [-0.15, -0.1) is 0 Å². The third kappa shape index (κ3) is 40.7. The maximum absolute atomic E-state index is 13.8. The fourth-order valence-electron chi connectivity index (χ4n) is 8.65. The maximum Gasteiger partial charge on any atom is 0.236 e. The predicted octanol–water partition coefficient (Wildman–Crippen LogP) is 15.5. The minimum Gasteiger partial charge on any atom is -0.345 e. The van der Waals surface area contributed by atoms with Crippen LogP contribution in [0, 0.1) is 0 Å². The van der Waals surface area contributed by atoms with Crippen LogP contribution < -0.4 is 0 Å². The number of amides is 1. The van der Waals surface area contributed by atoms with Gasteiger partial charge < -0.3 is 14.7 Å². The molecule has 0 N–H and O–H groups in total. The number of carbonyl (C=O) groups is 1. The average molecular weight is 819 g/mol. The fraction of sp³-hybridized carbons (Fsp3) is 0.981. The molecular weight excluding hydrogens is 709 g/mol. The number of carbonyl (C=O) groups excluding carboxylic acids is 1. The highest BCUT2D eigenvalue weighted by Crippen LogP contribution is 2.14. The van der Waals surface area contributed by atoms with Crippen molar-refractivity contribution in [2.45, 2.75) is 266 Å². The Morgan fingerprint density at radius 3 is 0.793 bits per heavy atom. The molecule has 5 nitrogen and oxygen atoms in total. The van der Waals surface area contributed by atoms with Crippen molar-refractivity contribution in [3.05, 3.63) is 0 Å². The highest BCUT2D eigenvalue weighted by atomic mass is 16.2. The summed E-state index contributed by atoms with van der Waals surface area (Å²) in [6.07, 6.45) is 49.0. The van der Waals surface area contributed by atoms with Crippen molar-refractivity contribution >= 4 is 5.91 Å². The van der Waals surface area contributed by atoms with Gasteiger partial charge in [-0.1, -0.05) is 227 Å². The van der Waals surface area contributed by atoms with Crippen molar-refractivity contribution < 1.29 is 4.79 Å². The van der Waals surface area contributed by atoms with Crippen molar-refractivity contribution in [1.29, 1.82) is 0 Å². The standard InChI is InChI=1S/C53H110N4O/c1-7-12-17-22-27-32-37-44-55(45-38-33-28-23-18-13-8-2)49-42-43-54(6)53(58)52-57(48-41-36-31-26-21-16-11-5)51-50-56(46-39-34-29-24-19-14-9-3)47-40-35-30-25-20-15-10-4/h7-52H2,1-6H3. The summed E-state index contributed by atoms with van der Waals surface area (Å²) in [5.74, 6) is 0.333. The number of hydrogen-bond donors (Lipinski definition) is 0. The Morgan fingerprint density at radius 2 is 0.483 bits per heavy atom. The predicted molar refractivity (Wildman–Crippen MR) is 262 cm³/mol. The van der Waals surface area contributed by atoms with Crippen molar-refractivity contribution in [2.75, 3.05) is 72.5 Å². The summed E-state index contributed by atoms with van der Waals surface area (Å²) in [6, 6.07) is 0. The normalized spacial score (nSPS) is 11.9. The highest BCUT2D eigenvalue weighted by molar-refractivity contribution is 5.77. The Bertz CT molecular complexity index is 756. The number of likely N-dealkylation sites (N-methyl/N-ethyl adjacent to an activating group) is 1. The average Bonchev–Trinajstić information content (AvgIpc) is 3.22. The maximum atomic E-state index is 13.8. The van der Waals surface area contributed by atoms with Crippen molar-refractivity contribution in [3.63, 3.8) is 0 Å². The van der Waals surface area contributed by atoms with Gasteiger partial charge in [-0.05, 0) is 77.8 Å². The molecule has 0 rings (SSSR count). The molecule has 0 aromatic rings. The molecule has 0 radical (unpaired) electrons. The van der Waals surface area contributed by atoms with E-state index in [1.807, 2.05) is 0 Å². The van der Waals surface area contributed by atoms with Crippen molar-refractivity contribution in [1.82, 2.24) is 19.6 Å². The lowest BCUT2D eigenvalue weighted by atomic mass is 10.1. The second kappa shape index (κ2) is 47.4. The summed E-state index contributed by atoms with van der Waals surface area (Å²) >= 11 is 0. The van der Waals surface area contributed by atoms with E-state index in [-0.39, 0.29) is 0 Å². The lowest BCUT2D eigenvalue weighted by molar-refractivity contribution is -0.131. The quantitative estimate of drug-likeness (QED) is 0.0572. The Hall–Kier alpha value is -0.650. The first kappa shape index (κ1) is 57.3. The molecule has 0 aromatic heterocycles. The van der Waals surface area contributed by atoms with Crippen LogP contribution in [0.2, 0.25) is 0 Å². The fourth-order valence-corrected chi connectivity index (χ4v) is 8.65. The zero-order valence-corrected chi connectivity index (χ0v) is 41.2. The van der Waals surface area contributed by atoms with E-state index >= 15 is 0 Å². The summed E-state index contributed by atoms with van der Waals surface area (Å²) in [4.78, 5) is 23.9. The lowest BCUT2D eigenvalue weighted by Crippen LogP contribution is -2.43. The van der Waals surface area contributed by atoms with E-state index in [0.717, 1.165) is 39.1 Å². The summed E-state index contributed by atoms with van der Waals surface area (Å²) < 4.78 is 0. The molecule has 0 aromatic carbocycles. The van der Waals surface area contributed by atoms with Crippen molar-refractivity contribution in [2.24, 2.45) is 0 Å². The number of unbranched alkanes of at least 4 members (excludes halogenated alkanes) is 30. The van der Waals surface area contributed by atoms with E-state index in [1.54, 1.807) is 0 Å². The molecular formula is C53H110N4O. The molecule has 5 heteroatoms. The molecule has 0 unspecified atom stereocenters. The van der Waals surface area contributed by atoms with Gasteiger partial charge in [-0.2, -0.15) is 0 Å². The van der Waals surface area contributed by atoms with Crippen LogP contribution in [-0.2, 0) is 4.79 Å². The molecule has 0 saturated carbocycles. The largest absolute Gasteiger partial charge is 0.345 e. The minimum absolute atomic E-state index is 0.333. The Morgan fingerprint density at radius 1 is 0.259 bits per heavy atom. The smallest absolute Gasteiger partial charge is 0.236 e. The van der Waals surface area contributed by atoms with E-state index in [1.165, 1.54) is 251 Å². The van der Waals surface area contributed by atoms with E-state index in [2.05, 4.69) is 61.3 Å². The van der Waals surface area contributed by atoms with Crippen LogP contribution in [0.4, 0.5) is 0 Å². The molecule has 0 heterocycles. The molecule has 0 bridgehead atoms. The topological polar surface area (TPSA) is 30.0 Å². The molecule has 0 atom stereocenters. The first-order valence-electron chi connectivity index (χ1n) is 26.9. The van der Waals surface area contributed by atoms with Gasteiger partial charge in [-0.25, -0.2) is 0 Å². The zero-order valence-electron chi connectivity index (χ0n) is 41.2. The van der Waals surface area contributed by atoms with Crippen LogP contribution in [0.1, 0.15) is 266 Å². The van der Waals surface area contributed by atoms with Gasteiger partial charge in [0.05, 0.1) is 6.54 Å². The Labute approximate surface area is 367 Å². The SMILES string of the molecule is CCCCCCCCCN(CCCCCCCCC)CCCN(C)C(=O)CN(CCCCCCCCC)CCN(CCCCCCCCC)CCCCCCCCC. The molecule has 0 spiro atoms. The summed E-state index contributed by atoms with van der Waals surface area (Å²) in [5.41, 5.74) is 0. The van der Waals surface area contributed by atoms with Gasteiger partial charge in [0.15, 0.2) is 0 Å². The molecule has 0 aliphatic carbocycles. The summed E-state index contributed by atoms with van der Waals surface area (Å²) in [5, 5.41) is 0. The third-order valence-electron chi connectivity index (χ3n) is 12.9. The van der Waals surface area contributed by atoms with Crippen LogP contribution >= 0.6 is 0 Å². The molecule has 1 amide bonds. The third-order valence-corrected chi connectivity index (χ3v) is 12.9. The first-order chi connectivity index (χ1) is 28.5. The van der Waals surface area contributed by atoms with Gasteiger partial charge in [0.2, 0.25) is 5.91 Å². The summed E-state index contributed by atoms with van der Waals surface area (Å²) in [6.45, 7) is 22.3. The van der Waals surface area contributed by atoms with Gasteiger partial charge in [0, 0.05) is 26.7 Å². The second-order valence-corrected chi connectivity index (χ2v) is 18.7. The Kier molecular flexibility index (Phi) is 46.9. The van der Waals surface area contributed by atoms with E-state index in [0.29, 0.717) is 12.5 Å². The Balaban J connectivity index is 5.20. The lowest BCUT2D eigenvalue weighted by Gasteiger charge is -2.29. The van der Waals surface area contributed by atoms with Gasteiger partial charge in [-0.3, -0.25) is 9.69 Å². The molecule has 0 fully saturated rings. The molecule has 348 valence electrons. The number of hydrogen-bond acceptors (Lipinski definition) is 4. The van der Waals surface area contributed by atoms with Crippen molar-refractivity contribution in [3.8, 4) is 0 Å². The minimum atomic E-state index is 0.333. The zero-order chi connectivity index (χ0) is 42.4. The molecule has 0 aliphatic heterocycles. The van der Waals surface area contributed by atoms with E-state index in [4.69, 9.17) is 0 Å². The van der Waals surface area contributed by atoms with Gasteiger partial charge in [0.1, 0.15) is 0 Å². The second-order valence-electron chi connectivity index (χ2n) is 18.7. The molecule has 0 aliphatic rings. The van der Waals surface area contributed by atoms with Crippen LogP contribution in [-0.4, -0.2) is 98.0 Å².